The fourth-order valence-corrected chi connectivity index (χ4v) is 2.49. The summed E-state index contributed by atoms with van der Waals surface area (Å²) in [5.41, 5.74) is 5.20. The van der Waals surface area contributed by atoms with Crippen molar-refractivity contribution < 1.29 is 4.79 Å². The van der Waals surface area contributed by atoms with E-state index in [1.54, 1.807) is 0 Å². The van der Waals surface area contributed by atoms with Crippen LogP contribution in [0.5, 0.6) is 0 Å². The largest absolute Gasteiger partial charge is 0.289 e. The fourth-order valence-electron chi connectivity index (χ4n) is 2.49. The van der Waals surface area contributed by atoms with E-state index in [0.717, 1.165) is 16.7 Å². The summed E-state index contributed by atoms with van der Waals surface area (Å²) in [6.07, 6.45) is 0. The summed E-state index contributed by atoms with van der Waals surface area (Å²) in [5, 5.41) is 0. The second-order valence-corrected chi connectivity index (χ2v) is 6.35. The Bertz CT molecular complexity index is 633. The first-order chi connectivity index (χ1) is 9.90. The molecule has 0 saturated heterocycles. The van der Waals surface area contributed by atoms with E-state index in [1.165, 1.54) is 11.1 Å². The van der Waals surface area contributed by atoms with E-state index in [4.69, 9.17) is 0 Å². The molecule has 0 spiro atoms. The summed E-state index contributed by atoms with van der Waals surface area (Å²) in [6, 6.07) is 14.1. The van der Waals surface area contributed by atoms with Gasteiger partial charge in [-0.1, -0.05) is 75.7 Å². The van der Waals surface area contributed by atoms with Crippen molar-refractivity contribution in [2.45, 2.75) is 46.5 Å². The molecule has 21 heavy (non-hydrogen) atoms. The summed E-state index contributed by atoms with van der Waals surface area (Å²) < 4.78 is 0. The van der Waals surface area contributed by atoms with Crippen LogP contribution in [0.15, 0.2) is 42.5 Å². The molecular weight excluding hydrogens is 256 g/mol. The fraction of sp³-hybridized carbons (Fsp3) is 0.350. The zero-order valence-corrected chi connectivity index (χ0v) is 13.6. The second-order valence-electron chi connectivity index (χ2n) is 6.35. The van der Waals surface area contributed by atoms with Crippen LogP contribution in [0.2, 0.25) is 0 Å². The normalized spacial score (nSPS) is 11.2. The maximum absolute atomic E-state index is 12.8. The third-order valence-corrected chi connectivity index (χ3v) is 3.92. The molecule has 0 heterocycles. The van der Waals surface area contributed by atoms with E-state index >= 15 is 0 Å². The molecular formula is C20H24O. The highest BCUT2D eigenvalue weighted by Gasteiger charge is 2.16. The number of carbonyl (C=O) groups is 1. The molecule has 0 saturated carbocycles. The van der Waals surface area contributed by atoms with Crippen molar-refractivity contribution in [3.63, 3.8) is 0 Å². The van der Waals surface area contributed by atoms with Gasteiger partial charge in [0.15, 0.2) is 5.78 Å². The highest BCUT2D eigenvalue weighted by molar-refractivity contribution is 6.10. The Hall–Kier alpha value is -1.89. The lowest BCUT2D eigenvalue weighted by Gasteiger charge is -2.16. The average molecular weight is 280 g/mol. The van der Waals surface area contributed by atoms with Crippen LogP contribution in [-0.4, -0.2) is 5.78 Å². The third kappa shape index (κ3) is 3.41. The first kappa shape index (κ1) is 15.5. The monoisotopic (exact) mass is 280 g/mol. The van der Waals surface area contributed by atoms with Crippen LogP contribution in [0.4, 0.5) is 0 Å². The highest BCUT2D eigenvalue weighted by atomic mass is 16.1. The van der Waals surface area contributed by atoms with Gasteiger partial charge >= 0.3 is 0 Å². The molecule has 0 radical (unpaired) electrons. The molecule has 1 nitrogen and oxygen atoms in total. The van der Waals surface area contributed by atoms with E-state index < -0.39 is 0 Å². The first-order valence-corrected chi connectivity index (χ1v) is 7.65. The van der Waals surface area contributed by atoms with Crippen molar-refractivity contribution in [2.24, 2.45) is 0 Å². The van der Waals surface area contributed by atoms with E-state index in [0.29, 0.717) is 11.8 Å². The van der Waals surface area contributed by atoms with Gasteiger partial charge in [0.1, 0.15) is 0 Å². The molecule has 0 N–H and O–H groups in total. The van der Waals surface area contributed by atoms with Gasteiger partial charge in [-0.15, -0.1) is 0 Å². The molecule has 0 aliphatic heterocycles. The van der Waals surface area contributed by atoms with Gasteiger partial charge in [-0.05, 0) is 29.9 Å². The van der Waals surface area contributed by atoms with Crippen LogP contribution in [0.3, 0.4) is 0 Å². The maximum Gasteiger partial charge on any atom is 0.193 e. The van der Waals surface area contributed by atoms with Gasteiger partial charge in [-0.2, -0.15) is 0 Å². The lowest BCUT2D eigenvalue weighted by Crippen LogP contribution is -2.08. The van der Waals surface area contributed by atoms with Crippen molar-refractivity contribution >= 4 is 5.78 Å². The van der Waals surface area contributed by atoms with Gasteiger partial charge in [0.05, 0.1) is 0 Å². The number of carbonyl (C=O) groups excluding carboxylic acids is 1. The minimum Gasteiger partial charge on any atom is -0.289 e. The summed E-state index contributed by atoms with van der Waals surface area (Å²) >= 11 is 0. The Balaban J connectivity index is 2.47. The zero-order valence-electron chi connectivity index (χ0n) is 13.6. The quantitative estimate of drug-likeness (QED) is 0.678. The second kappa shape index (κ2) is 6.26. The molecule has 0 aliphatic rings. The Morgan fingerprint density at radius 1 is 0.857 bits per heavy atom. The minimum absolute atomic E-state index is 0.119. The van der Waals surface area contributed by atoms with Crippen molar-refractivity contribution in [3.05, 3.63) is 70.3 Å². The number of rotatable bonds is 4. The molecule has 0 unspecified atom stereocenters. The summed E-state index contributed by atoms with van der Waals surface area (Å²) in [4.78, 5) is 12.8. The van der Waals surface area contributed by atoms with E-state index in [-0.39, 0.29) is 5.78 Å². The lowest BCUT2D eigenvalue weighted by molar-refractivity contribution is 0.103. The first-order valence-electron chi connectivity index (χ1n) is 7.65. The molecule has 2 aromatic rings. The Labute approximate surface area is 128 Å². The van der Waals surface area contributed by atoms with Crippen LogP contribution in [0, 0.1) is 6.92 Å². The molecule has 2 aromatic carbocycles. The van der Waals surface area contributed by atoms with Crippen LogP contribution in [0.25, 0.3) is 0 Å². The minimum atomic E-state index is 0.119. The zero-order chi connectivity index (χ0) is 15.6. The smallest absolute Gasteiger partial charge is 0.193 e. The van der Waals surface area contributed by atoms with Crippen molar-refractivity contribution in [1.29, 1.82) is 0 Å². The molecule has 1 heteroatoms. The summed E-state index contributed by atoms with van der Waals surface area (Å²) in [5.74, 6) is 0.938. The average Bonchev–Trinajstić information content (AvgIpc) is 2.46. The molecule has 0 atom stereocenters. The van der Waals surface area contributed by atoms with Crippen molar-refractivity contribution in [3.8, 4) is 0 Å². The highest BCUT2D eigenvalue weighted by Crippen LogP contribution is 2.26. The molecule has 0 amide bonds. The van der Waals surface area contributed by atoms with Gasteiger partial charge < -0.3 is 0 Å². The van der Waals surface area contributed by atoms with Gasteiger partial charge in [0.2, 0.25) is 0 Å². The molecule has 0 aromatic heterocycles. The Morgan fingerprint density at radius 2 is 1.48 bits per heavy atom. The van der Waals surface area contributed by atoms with Crippen molar-refractivity contribution in [2.75, 3.05) is 0 Å². The number of ketones is 1. The topological polar surface area (TPSA) is 17.1 Å². The van der Waals surface area contributed by atoms with Crippen LogP contribution in [0.1, 0.15) is 72.1 Å². The van der Waals surface area contributed by atoms with Crippen LogP contribution < -0.4 is 0 Å². The molecule has 110 valence electrons. The van der Waals surface area contributed by atoms with E-state index in [9.17, 15) is 4.79 Å². The van der Waals surface area contributed by atoms with Crippen molar-refractivity contribution in [1.82, 2.24) is 0 Å². The van der Waals surface area contributed by atoms with E-state index in [2.05, 4.69) is 39.8 Å². The molecule has 0 bridgehead atoms. The summed E-state index contributed by atoms with van der Waals surface area (Å²) in [7, 11) is 0. The molecule has 0 aliphatic carbocycles. The predicted molar refractivity (Wildman–Crippen MR) is 89.2 cm³/mol. The number of benzene rings is 2. The van der Waals surface area contributed by atoms with Crippen LogP contribution >= 0.6 is 0 Å². The van der Waals surface area contributed by atoms with E-state index in [1.807, 2.05) is 37.3 Å². The summed E-state index contributed by atoms with van der Waals surface area (Å²) in [6.45, 7) is 10.7. The standard InChI is InChI=1S/C20H24O/c1-13(2)17-10-11-18(19(12-17)14(3)4)20(21)16-8-6-15(5)7-9-16/h6-14H,1-5H3. The van der Waals surface area contributed by atoms with Gasteiger partial charge in [0.25, 0.3) is 0 Å². The van der Waals surface area contributed by atoms with Gasteiger partial charge in [-0.3, -0.25) is 4.79 Å². The van der Waals surface area contributed by atoms with Gasteiger partial charge in [-0.25, -0.2) is 0 Å². The lowest BCUT2D eigenvalue weighted by atomic mass is 9.88. The number of hydrogen-bond acceptors (Lipinski definition) is 1. The Morgan fingerprint density at radius 3 is 2.00 bits per heavy atom. The molecule has 0 fully saturated rings. The predicted octanol–water partition coefficient (Wildman–Crippen LogP) is 5.47. The SMILES string of the molecule is Cc1ccc(C(=O)c2ccc(C(C)C)cc2C(C)C)cc1. The maximum atomic E-state index is 12.8. The Kier molecular flexibility index (Phi) is 4.62. The number of hydrogen-bond donors (Lipinski definition) is 0. The number of aryl methyl sites for hydroxylation is 1. The third-order valence-electron chi connectivity index (χ3n) is 3.92. The van der Waals surface area contributed by atoms with Crippen LogP contribution in [-0.2, 0) is 0 Å². The van der Waals surface area contributed by atoms with Gasteiger partial charge in [0, 0.05) is 11.1 Å². The molecule has 2 rings (SSSR count).